The molecule has 0 amide bonds. The number of H-pyrrole nitrogens is 1. The Labute approximate surface area is 204 Å². The summed E-state index contributed by atoms with van der Waals surface area (Å²) in [5.74, 6) is 0. The molecule has 0 aliphatic rings. The molecule has 0 saturated heterocycles. The van der Waals surface area contributed by atoms with E-state index in [1.807, 2.05) is 36.4 Å². The summed E-state index contributed by atoms with van der Waals surface area (Å²) in [7, 11) is -0.611. The molecular formula is C19H25ClI2N4O2Si. The maximum Gasteiger partial charge on any atom is 0.365 e. The van der Waals surface area contributed by atoms with E-state index in [0.717, 1.165) is 12.8 Å². The Kier molecular flexibility index (Phi) is 12.8. The maximum absolute atomic E-state index is 11.2. The first kappa shape index (κ1) is 27.9. The first-order chi connectivity index (χ1) is 13.0. The van der Waals surface area contributed by atoms with E-state index in [0.29, 0.717) is 5.56 Å². The maximum atomic E-state index is 11.2. The summed E-state index contributed by atoms with van der Waals surface area (Å²) >= 11 is 9.47. The number of hydrogen-bond acceptors (Lipinski definition) is 4. The van der Waals surface area contributed by atoms with Crippen LogP contribution in [0.1, 0.15) is 17.8 Å². The van der Waals surface area contributed by atoms with Crippen molar-refractivity contribution in [1.29, 1.82) is 0 Å². The summed E-state index contributed by atoms with van der Waals surface area (Å²) in [6.07, 6.45) is 0. The second kappa shape index (κ2) is 13.3. The lowest BCUT2D eigenvalue weighted by Crippen LogP contribution is -2.16. The molecule has 0 spiro atoms. The van der Waals surface area contributed by atoms with Crippen molar-refractivity contribution in [2.75, 3.05) is 0 Å². The van der Waals surface area contributed by atoms with Crippen LogP contribution in [0, 0.1) is 7.14 Å². The van der Waals surface area contributed by atoms with Crippen LogP contribution in [0.2, 0.25) is 26.2 Å². The molecule has 10 heteroatoms. The van der Waals surface area contributed by atoms with Crippen molar-refractivity contribution in [2.24, 2.45) is 0 Å². The minimum Gasteiger partial charge on any atom is -0.276 e. The minimum atomic E-state index is -0.611. The summed E-state index contributed by atoms with van der Waals surface area (Å²) in [5, 5.41) is 8.89. The molecule has 1 heterocycles. The molecule has 0 radical (unpaired) electrons. The van der Waals surface area contributed by atoms with Gasteiger partial charge in [0.25, 0.3) is 5.24 Å². The molecule has 158 valence electrons. The van der Waals surface area contributed by atoms with E-state index in [1.54, 1.807) is 12.1 Å². The van der Waals surface area contributed by atoms with Crippen molar-refractivity contribution in [3.63, 3.8) is 0 Å². The average molecular weight is 659 g/mol. The number of halogens is 3. The highest BCUT2D eigenvalue weighted by Crippen LogP contribution is 2.13. The van der Waals surface area contributed by atoms with Gasteiger partial charge in [-0.15, -0.1) is 0 Å². The van der Waals surface area contributed by atoms with Crippen LogP contribution in [0.4, 0.5) is 0 Å². The zero-order chi connectivity index (χ0) is 21.3. The number of aromatic amines is 1. The van der Waals surface area contributed by atoms with Gasteiger partial charge >= 0.3 is 5.69 Å². The van der Waals surface area contributed by atoms with Gasteiger partial charge in [-0.1, -0.05) is 57.9 Å². The lowest BCUT2D eigenvalue weighted by Gasteiger charge is -2.01. The van der Waals surface area contributed by atoms with Gasteiger partial charge in [-0.05, 0) is 91.5 Å². The molecule has 0 unspecified atom stereocenters. The number of rotatable bonds is 2. The summed E-state index contributed by atoms with van der Waals surface area (Å²) < 4.78 is 3.07. The van der Waals surface area contributed by atoms with Gasteiger partial charge in [-0.3, -0.25) is 4.79 Å². The van der Waals surface area contributed by atoms with Crippen molar-refractivity contribution < 1.29 is 4.79 Å². The Hall–Kier alpha value is -1.05. The molecule has 0 aliphatic heterocycles. The quantitative estimate of drug-likeness (QED) is 0.214. The van der Waals surface area contributed by atoms with Crippen LogP contribution < -0.4 is 5.69 Å². The van der Waals surface area contributed by atoms with Crippen molar-refractivity contribution >= 4 is 70.1 Å². The molecule has 1 aromatic heterocycles. The predicted molar refractivity (Wildman–Crippen MR) is 140 cm³/mol. The highest BCUT2D eigenvalue weighted by molar-refractivity contribution is 14.1. The predicted octanol–water partition coefficient (Wildman–Crippen LogP) is 5.82. The lowest BCUT2D eigenvalue weighted by atomic mass is 10.2. The van der Waals surface area contributed by atoms with Gasteiger partial charge in [-0.25, -0.2) is 9.89 Å². The molecule has 0 atom stereocenters. The molecule has 3 rings (SSSR count). The molecule has 2 aromatic carbocycles. The lowest BCUT2D eigenvalue weighted by molar-refractivity contribution is 0.108. The fourth-order valence-electron chi connectivity index (χ4n) is 1.60. The molecule has 0 saturated carbocycles. The highest BCUT2D eigenvalue weighted by Gasteiger charge is 2.05. The minimum absolute atomic E-state index is 0. The van der Waals surface area contributed by atoms with E-state index >= 15 is 0 Å². The largest absolute Gasteiger partial charge is 0.365 e. The highest BCUT2D eigenvalue weighted by atomic mass is 127. The van der Waals surface area contributed by atoms with Gasteiger partial charge < -0.3 is 0 Å². The number of tetrazole rings is 1. The average Bonchev–Trinajstić information content (AvgIpc) is 3.00. The van der Waals surface area contributed by atoms with Crippen LogP contribution in [-0.2, 0) is 0 Å². The van der Waals surface area contributed by atoms with E-state index in [2.05, 4.69) is 86.9 Å². The van der Waals surface area contributed by atoms with E-state index in [1.165, 1.54) is 4.68 Å². The van der Waals surface area contributed by atoms with E-state index in [-0.39, 0.29) is 13.1 Å². The Balaban J connectivity index is 0.000000439. The number of carbonyl (C=O) groups excluding carboxylic acids is 1. The summed E-state index contributed by atoms with van der Waals surface area (Å²) in [5.41, 5.74) is 0.982. The van der Waals surface area contributed by atoms with Crippen LogP contribution in [0.5, 0.6) is 0 Å². The molecule has 6 nitrogen and oxygen atoms in total. The third-order valence-corrected chi connectivity index (χ3v) is 4.69. The normalized spacial score (nSPS) is 9.90. The zero-order valence-electron chi connectivity index (χ0n) is 15.9. The third kappa shape index (κ3) is 11.1. The molecule has 0 aliphatic carbocycles. The van der Waals surface area contributed by atoms with Gasteiger partial charge in [0.1, 0.15) is 0 Å². The Bertz CT molecular complexity index is 965. The summed E-state index contributed by atoms with van der Waals surface area (Å²) in [4.78, 5) is 21.8. The number of benzene rings is 2. The first-order valence-electron chi connectivity index (χ1n) is 8.20. The fraction of sp³-hybridized carbons (Fsp3) is 0.263. The third-order valence-electron chi connectivity index (χ3n) is 2.64. The van der Waals surface area contributed by atoms with Crippen molar-refractivity contribution in [3.8, 4) is 5.69 Å². The van der Waals surface area contributed by atoms with Crippen molar-refractivity contribution in [2.45, 2.75) is 33.6 Å². The molecule has 3 aromatic rings. The van der Waals surface area contributed by atoms with E-state index < -0.39 is 13.3 Å². The van der Waals surface area contributed by atoms with Gasteiger partial charge in [0.2, 0.25) is 0 Å². The van der Waals surface area contributed by atoms with Crippen LogP contribution in [0.25, 0.3) is 5.69 Å². The SMILES string of the molecule is C.C[Si](C)(C)C.O=C(Cl)c1ccccc1I.O=c1[nH]nnn1-c1ccccc1I. The topological polar surface area (TPSA) is 80.6 Å². The number of nitrogens with zero attached hydrogens (tertiary/aromatic N) is 3. The Morgan fingerprint density at radius 1 is 1.00 bits per heavy atom. The van der Waals surface area contributed by atoms with Gasteiger partial charge in [-0.2, -0.15) is 4.68 Å². The fourth-order valence-corrected chi connectivity index (χ4v) is 3.17. The monoisotopic (exact) mass is 658 g/mol. The molecule has 0 fully saturated rings. The molecular weight excluding hydrogens is 634 g/mol. The number of aromatic nitrogens is 4. The smallest absolute Gasteiger partial charge is 0.276 e. The standard InChI is InChI=1S/C7H4ClIO.C7H5IN4O.C4H12Si.CH4/c8-7(10)5-3-1-2-4-6(5)9;8-5-3-1-2-4-6(5)12-7(13)9-10-11-12;1-5(2,3)4;/h1-4H;1-4H,(H,9,11,13);1-4H3;1H4. The van der Waals surface area contributed by atoms with E-state index in [4.69, 9.17) is 11.6 Å². The number of hydrogen-bond donors (Lipinski definition) is 1. The number of nitrogens with one attached hydrogen (secondary N) is 1. The number of carbonyl (C=O) groups is 1. The van der Waals surface area contributed by atoms with Crippen LogP contribution >= 0.6 is 56.8 Å². The molecule has 0 bridgehead atoms. The summed E-state index contributed by atoms with van der Waals surface area (Å²) in [6, 6.07) is 14.7. The van der Waals surface area contributed by atoms with Crippen LogP contribution in [-0.4, -0.2) is 33.5 Å². The van der Waals surface area contributed by atoms with Gasteiger partial charge in [0, 0.05) is 20.8 Å². The van der Waals surface area contributed by atoms with Crippen molar-refractivity contribution in [1.82, 2.24) is 20.2 Å². The molecule has 1 N–H and O–H groups in total. The van der Waals surface area contributed by atoms with Gasteiger partial charge in [0.15, 0.2) is 0 Å². The van der Waals surface area contributed by atoms with Crippen LogP contribution in [0.3, 0.4) is 0 Å². The second-order valence-corrected chi connectivity index (χ2v) is 15.8. The number of para-hydroxylation sites is 1. The van der Waals surface area contributed by atoms with E-state index in [9.17, 15) is 9.59 Å². The summed E-state index contributed by atoms with van der Waals surface area (Å²) in [6.45, 7) is 9.31. The second-order valence-electron chi connectivity index (χ2n) is 7.12. The molecule has 29 heavy (non-hydrogen) atoms. The zero-order valence-corrected chi connectivity index (χ0v) is 22.0. The van der Waals surface area contributed by atoms with Crippen LogP contribution in [0.15, 0.2) is 53.3 Å². The first-order valence-corrected chi connectivity index (χ1v) is 14.7. The Morgan fingerprint density at radius 3 is 1.86 bits per heavy atom. The van der Waals surface area contributed by atoms with Gasteiger partial charge in [0.05, 0.1) is 5.69 Å². The Morgan fingerprint density at radius 2 is 1.48 bits per heavy atom. The van der Waals surface area contributed by atoms with Crippen molar-refractivity contribution in [3.05, 3.63) is 71.7 Å².